The lowest BCUT2D eigenvalue weighted by Gasteiger charge is -2.04. The van der Waals surface area contributed by atoms with Crippen LogP contribution in [0.15, 0.2) is 24.5 Å². The molecule has 0 aromatic carbocycles. The van der Waals surface area contributed by atoms with Crippen LogP contribution in [0.4, 0.5) is 0 Å². The molecule has 0 saturated carbocycles. The largest absolute Gasteiger partial charge is 0.324 e. The molecule has 0 bridgehead atoms. The van der Waals surface area contributed by atoms with E-state index in [-0.39, 0.29) is 0 Å². The van der Waals surface area contributed by atoms with Crippen LogP contribution in [-0.4, -0.2) is 30.6 Å². The van der Waals surface area contributed by atoms with Gasteiger partial charge in [-0.05, 0) is 19.1 Å². The zero-order valence-electron chi connectivity index (χ0n) is 10.7. The van der Waals surface area contributed by atoms with E-state index in [4.69, 9.17) is 0 Å². The van der Waals surface area contributed by atoms with Gasteiger partial charge in [0.25, 0.3) is 0 Å². The number of hydrogen-bond acceptors (Lipinski definition) is 4. The van der Waals surface area contributed by atoms with Gasteiger partial charge in [-0.2, -0.15) is 0 Å². The molecule has 6 heteroatoms. The van der Waals surface area contributed by atoms with Gasteiger partial charge in [-0.15, -0.1) is 10.2 Å². The minimum Gasteiger partial charge on any atom is -0.324 e. The van der Waals surface area contributed by atoms with Crippen molar-refractivity contribution in [2.75, 3.05) is 0 Å². The second-order valence-electron chi connectivity index (χ2n) is 4.43. The summed E-state index contributed by atoms with van der Waals surface area (Å²) < 4.78 is 3.85. The van der Waals surface area contributed by atoms with Gasteiger partial charge < -0.3 is 9.13 Å². The average molecular weight is 255 g/mol. The summed E-state index contributed by atoms with van der Waals surface area (Å²) in [4.78, 5) is 15.4. The Morgan fingerprint density at radius 1 is 1.37 bits per heavy atom. The average Bonchev–Trinajstić information content (AvgIpc) is 2.95. The number of carbonyl (C=O) groups is 1. The molecular formula is C13H13N5O. The van der Waals surface area contributed by atoms with Crippen LogP contribution in [0, 0.1) is 6.92 Å². The molecule has 3 heterocycles. The quantitative estimate of drug-likeness (QED) is 0.662. The van der Waals surface area contributed by atoms with E-state index >= 15 is 0 Å². The second kappa shape index (κ2) is 4.31. The van der Waals surface area contributed by atoms with Crippen molar-refractivity contribution >= 4 is 17.3 Å². The summed E-state index contributed by atoms with van der Waals surface area (Å²) in [5.74, 6) is 1.69. The number of carbonyl (C=O) groups excluding carboxylic acids is 1. The highest BCUT2D eigenvalue weighted by Crippen LogP contribution is 2.18. The van der Waals surface area contributed by atoms with Gasteiger partial charge in [-0.1, -0.05) is 0 Å². The Kier molecular flexibility index (Phi) is 2.63. The van der Waals surface area contributed by atoms with Crippen LogP contribution < -0.4 is 0 Å². The lowest BCUT2D eigenvalue weighted by Crippen LogP contribution is -2.06. The molecule has 0 saturated heterocycles. The highest BCUT2D eigenvalue weighted by atomic mass is 16.1. The normalized spacial score (nSPS) is 11.1. The molecule has 0 aliphatic carbocycles. The Hall–Kier alpha value is -2.50. The monoisotopic (exact) mass is 255 g/mol. The number of aldehydes is 1. The molecule has 0 aliphatic heterocycles. The van der Waals surface area contributed by atoms with Gasteiger partial charge >= 0.3 is 0 Å². The first-order valence-corrected chi connectivity index (χ1v) is 5.94. The van der Waals surface area contributed by atoms with E-state index in [0.29, 0.717) is 12.1 Å². The molecule has 0 atom stereocenters. The molecule has 0 aliphatic rings. The molecule has 3 rings (SSSR count). The molecule has 0 fully saturated rings. The van der Waals surface area contributed by atoms with Crippen molar-refractivity contribution in [3.05, 3.63) is 41.7 Å². The number of aromatic nitrogens is 5. The molecule has 3 aromatic heterocycles. The SMILES string of the molecule is Cc1nnc(Cn2cc(C=O)c3cccnc32)n1C. The van der Waals surface area contributed by atoms with Crippen LogP contribution in [0.1, 0.15) is 22.0 Å². The Morgan fingerprint density at radius 3 is 2.89 bits per heavy atom. The number of nitrogens with zero attached hydrogens (tertiary/aromatic N) is 5. The Bertz CT molecular complexity index is 756. The van der Waals surface area contributed by atoms with Crippen molar-refractivity contribution in [2.24, 2.45) is 7.05 Å². The van der Waals surface area contributed by atoms with Crippen LogP contribution in [0.25, 0.3) is 11.0 Å². The summed E-state index contributed by atoms with van der Waals surface area (Å²) in [7, 11) is 1.92. The Morgan fingerprint density at radius 2 is 2.21 bits per heavy atom. The topological polar surface area (TPSA) is 65.6 Å². The lowest BCUT2D eigenvalue weighted by molar-refractivity contribution is 0.112. The number of pyridine rings is 1. The summed E-state index contributed by atoms with van der Waals surface area (Å²) in [6.07, 6.45) is 4.37. The maximum atomic E-state index is 11.1. The highest BCUT2D eigenvalue weighted by molar-refractivity contribution is 5.95. The molecule has 0 unspecified atom stereocenters. The van der Waals surface area contributed by atoms with Crippen molar-refractivity contribution in [1.82, 2.24) is 24.3 Å². The maximum Gasteiger partial charge on any atom is 0.152 e. The first kappa shape index (κ1) is 11.6. The molecule has 6 nitrogen and oxygen atoms in total. The fourth-order valence-electron chi connectivity index (χ4n) is 2.11. The first-order valence-electron chi connectivity index (χ1n) is 5.94. The Balaban J connectivity index is 2.10. The lowest BCUT2D eigenvalue weighted by atomic mass is 10.2. The number of aryl methyl sites for hydroxylation is 1. The van der Waals surface area contributed by atoms with Crippen molar-refractivity contribution in [3.8, 4) is 0 Å². The standard InChI is InChI=1S/C13H13N5O/c1-9-15-16-12(17(9)2)7-18-6-10(8-19)11-4-3-5-14-13(11)18/h3-6,8H,7H2,1-2H3. The zero-order chi connectivity index (χ0) is 13.4. The number of fused-ring (bicyclic) bond motifs is 1. The molecule has 0 amide bonds. The third-order valence-corrected chi connectivity index (χ3v) is 3.29. The van der Waals surface area contributed by atoms with Crippen LogP contribution >= 0.6 is 0 Å². The third kappa shape index (κ3) is 1.81. The zero-order valence-corrected chi connectivity index (χ0v) is 10.7. The van der Waals surface area contributed by atoms with Crippen molar-refractivity contribution in [2.45, 2.75) is 13.5 Å². The molecular weight excluding hydrogens is 242 g/mol. The van der Waals surface area contributed by atoms with Gasteiger partial charge in [0.1, 0.15) is 11.5 Å². The van der Waals surface area contributed by atoms with E-state index in [9.17, 15) is 4.79 Å². The number of hydrogen-bond donors (Lipinski definition) is 0. The molecule has 0 radical (unpaired) electrons. The summed E-state index contributed by atoms with van der Waals surface area (Å²) in [5.41, 5.74) is 1.42. The minimum absolute atomic E-state index is 0.540. The van der Waals surface area contributed by atoms with Gasteiger partial charge in [0.05, 0.1) is 6.54 Å². The highest BCUT2D eigenvalue weighted by Gasteiger charge is 2.11. The fourth-order valence-corrected chi connectivity index (χ4v) is 2.11. The summed E-state index contributed by atoms with van der Waals surface area (Å²) in [6.45, 7) is 2.44. The van der Waals surface area contributed by atoms with E-state index < -0.39 is 0 Å². The predicted molar refractivity (Wildman–Crippen MR) is 70.0 cm³/mol. The van der Waals surface area contributed by atoms with E-state index in [1.54, 1.807) is 12.4 Å². The molecule has 96 valence electrons. The smallest absolute Gasteiger partial charge is 0.152 e. The summed E-state index contributed by atoms with van der Waals surface area (Å²) in [6, 6.07) is 3.72. The first-order chi connectivity index (χ1) is 9.20. The van der Waals surface area contributed by atoms with Crippen molar-refractivity contribution in [1.29, 1.82) is 0 Å². The van der Waals surface area contributed by atoms with Crippen LogP contribution in [0.2, 0.25) is 0 Å². The predicted octanol–water partition coefficient (Wildman–Crippen LogP) is 1.33. The minimum atomic E-state index is 0.540. The van der Waals surface area contributed by atoms with Crippen LogP contribution in [0.3, 0.4) is 0 Å². The molecule has 3 aromatic rings. The molecule has 0 spiro atoms. The summed E-state index contributed by atoms with van der Waals surface area (Å²) in [5, 5.41) is 9.02. The number of rotatable bonds is 3. The van der Waals surface area contributed by atoms with E-state index in [1.807, 2.05) is 35.2 Å². The van der Waals surface area contributed by atoms with Crippen molar-refractivity contribution in [3.63, 3.8) is 0 Å². The van der Waals surface area contributed by atoms with E-state index in [0.717, 1.165) is 29.0 Å². The van der Waals surface area contributed by atoms with Gasteiger partial charge in [-0.3, -0.25) is 4.79 Å². The fraction of sp³-hybridized carbons (Fsp3) is 0.231. The molecule has 19 heavy (non-hydrogen) atoms. The van der Waals surface area contributed by atoms with E-state index in [1.165, 1.54) is 0 Å². The summed E-state index contributed by atoms with van der Waals surface area (Å²) >= 11 is 0. The van der Waals surface area contributed by atoms with E-state index in [2.05, 4.69) is 15.2 Å². The second-order valence-corrected chi connectivity index (χ2v) is 4.43. The molecule has 0 N–H and O–H groups in total. The van der Waals surface area contributed by atoms with Crippen LogP contribution in [0.5, 0.6) is 0 Å². The maximum absolute atomic E-state index is 11.1. The van der Waals surface area contributed by atoms with Gasteiger partial charge in [0, 0.05) is 30.4 Å². The van der Waals surface area contributed by atoms with Gasteiger partial charge in [-0.25, -0.2) is 4.98 Å². The Labute approximate surface area is 109 Å². The van der Waals surface area contributed by atoms with Crippen molar-refractivity contribution < 1.29 is 4.79 Å². The van der Waals surface area contributed by atoms with Crippen LogP contribution in [-0.2, 0) is 13.6 Å². The van der Waals surface area contributed by atoms with Gasteiger partial charge in [0.2, 0.25) is 0 Å². The third-order valence-electron chi connectivity index (χ3n) is 3.29. The van der Waals surface area contributed by atoms with Gasteiger partial charge in [0.15, 0.2) is 12.1 Å².